The molecule has 1 saturated heterocycles. The molecule has 1 aliphatic rings. The molecule has 0 bridgehead atoms. The Balaban J connectivity index is 1.62. The molecule has 0 unspecified atom stereocenters. The highest BCUT2D eigenvalue weighted by atomic mass is 16.2. The lowest BCUT2D eigenvalue weighted by molar-refractivity contribution is 0.0706. The number of rotatable bonds is 3. The lowest BCUT2D eigenvalue weighted by Gasteiger charge is -2.33. The average Bonchev–Trinajstić information content (AvgIpc) is 3.16. The van der Waals surface area contributed by atoms with Crippen LogP contribution in [0.3, 0.4) is 0 Å². The maximum absolute atomic E-state index is 12.8. The smallest absolute Gasteiger partial charge is 0.253 e. The molecule has 134 valence electrons. The van der Waals surface area contributed by atoms with E-state index in [1.807, 2.05) is 55.4 Å². The standard InChI is InChI=1S/C21H24N4O/c1-23(2)20-19-11-7-12-24(19)15-18(22-20)17-10-6-13-25(14-17)21(26)16-8-4-3-5-9-16/h3-5,7-9,11-12,15,17H,6,10,13-14H2,1-2H3/t17-/m0/s1. The fourth-order valence-electron chi connectivity index (χ4n) is 3.74. The quantitative estimate of drug-likeness (QED) is 0.728. The first kappa shape index (κ1) is 16.6. The molecular weight excluding hydrogens is 324 g/mol. The monoisotopic (exact) mass is 348 g/mol. The van der Waals surface area contributed by atoms with Crippen molar-refractivity contribution in [1.29, 1.82) is 0 Å². The lowest BCUT2D eigenvalue weighted by Crippen LogP contribution is -2.39. The summed E-state index contributed by atoms with van der Waals surface area (Å²) in [6.07, 6.45) is 6.24. The number of amides is 1. The van der Waals surface area contributed by atoms with Gasteiger partial charge in [-0.1, -0.05) is 18.2 Å². The van der Waals surface area contributed by atoms with Crippen LogP contribution >= 0.6 is 0 Å². The number of anilines is 1. The summed E-state index contributed by atoms with van der Waals surface area (Å²) in [5.41, 5.74) is 2.92. The third-order valence-corrected chi connectivity index (χ3v) is 5.09. The van der Waals surface area contributed by atoms with Gasteiger partial charge in [0.15, 0.2) is 5.82 Å². The van der Waals surface area contributed by atoms with Gasteiger partial charge in [-0.25, -0.2) is 4.98 Å². The van der Waals surface area contributed by atoms with Crippen LogP contribution in [0.1, 0.15) is 34.8 Å². The third kappa shape index (κ3) is 3.05. The van der Waals surface area contributed by atoms with Crippen molar-refractivity contribution in [3.63, 3.8) is 0 Å². The molecule has 3 heterocycles. The van der Waals surface area contributed by atoms with Gasteiger partial charge in [-0.15, -0.1) is 0 Å². The van der Waals surface area contributed by atoms with Crippen LogP contribution in [-0.2, 0) is 0 Å². The highest BCUT2D eigenvalue weighted by Crippen LogP contribution is 2.29. The van der Waals surface area contributed by atoms with Gasteiger partial charge in [-0.05, 0) is 37.1 Å². The summed E-state index contributed by atoms with van der Waals surface area (Å²) in [5.74, 6) is 1.35. The number of likely N-dealkylation sites (tertiary alicyclic amines) is 1. The largest absolute Gasteiger partial charge is 0.361 e. The van der Waals surface area contributed by atoms with E-state index in [-0.39, 0.29) is 11.8 Å². The Morgan fingerprint density at radius 1 is 1.15 bits per heavy atom. The van der Waals surface area contributed by atoms with Crippen LogP contribution in [0.15, 0.2) is 54.9 Å². The first-order chi connectivity index (χ1) is 12.6. The molecule has 0 spiro atoms. The van der Waals surface area contributed by atoms with Crippen LogP contribution in [0.25, 0.3) is 5.52 Å². The Morgan fingerprint density at radius 2 is 1.96 bits per heavy atom. The second-order valence-electron chi connectivity index (χ2n) is 7.14. The second-order valence-corrected chi connectivity index (χ2v) is 7.14. The summed E-state index contributed by atoms with van der Waals surface area (Å²) in [7, 11) is 4.04. The second kappa shape index (κ2) is 6.83. The minimum absolute atomic E-state index is 0.116. The molecular formula is C21H24N4O. The van der Waals surface area contributed by atoms with E-state index >= 15 is 0 Å². The van der Waals surface area contributed by atoms with Crippen LogP contribution in [0, 0.1) is 0 Å². The molecule has 0 aliphatic carbocycles. The lowest BCUT2D eigenvalue weighted by atomic mass is 9.94. The van der Waals surface area contributed by atoms with Gasteiger partial charge in [0.25, 0.3) is 5.91 Å². The van der Waals surface area contributed by atoms with E-state index in [1.165, 1.54) is 0 Å². The SMILES string of the molecule is CN(C)c1nc([C@H]2CCCN(C(=O)c3ccccc3)C2)cn2cccc12. The Labute approximate surface area is 153 Å². The number of hydrogen-bond donors (Lipinski definition) is 0. The van der Waals surface area contributed by atoms with Gasteiger partial charge < -0.3 is 14.2 Å². The molecule has 0 radical (unpaired) electrons. The summed E-state index contributed by atoms with van der Waals surface area (Å²) in [5, 5.41) is 0. The van der Waals surface area contributed by atoms with E-state index in [0.29, 0.717) is 0 Å². The Bertz CT molecular complexity index is 916. The predicted molar refractivity (Wildman–Crippen MR) is 104 cm³/mol. The maximum Gasteiger partial charge on any atom is 0.253 e. The van der Waals surface area contributed by atoms with Crippen molar-refractivity contribution in [2.75, 3.05) is 32.1 Å². The topological polar surface area (TPSA) is 40.9 Å². The van der Waals surface area contributed by atoms with Crippen LogP contribution in [-0.4, -0.2) is 47.4 Å². The molecule has 1 fully saturated rings. The van der Waals surface area contributed by atoms with Crippen LogP contribution in [0.5, 0.6) is 0 Å². The average molecular weight is 348 g/mol. The van der Waals surface area contributed by atoms with Crippen LogP contribution in [0.2, 0.25) is 0 Å². The van der Waals surface area contributed by atoms with E-state index < -0.39 is 0 Å². The zero-order chi connectivity index (χ0) is 18.1. The number of benzene rings is 1. The molecule has 4 rings (SSSR count). The zero-order valence-corrected chi connectivity index (χ0v) is 15.3. The van der Waals surface area contributed by atoms with Gasteiger partial charge in [0.1, 0.15) is 0 Å². The van der Waals surface area contributed by atoms with Crippen molar-refractivity contribution in [2.24, 2.45) is 0 Å². The molecule has 5 nitrogen and oxygen atoms in total. The number of nitrogens with zero attached hydrogens (tertiary/aromatic N) is 4. The molecule has 2 aromatic heterocycles. The van der Waals surface area contributed by atoms with Gasteiger partial charge in [0, 0.05) is 51.1 Å². The highest BCUT2D eigenvalue weighted by Gasteiger charge is 2.27. The molecule has 0 N–H and O–H groups in total. The minimum Gasteiger partial charge on any atom is -0.361 e. The molecule has 1 aliphatic heterocycles. The predicted octanol–water partition coefficient (Wildman–Crippen LogP) is 3.42. The van der Waals surface area contributed by atoms with E-state index in [2.05, 4.69) is 27.8 Å². The van der Waals surface area contributed by atoms with Crippen molar-refractivity contribution in [3.8, 4) is 0 Å². The van der Waals surface area contributed by atoms with Gasteiger partial charge in [-0.2, -0.15) is 0 Å². The van der Waals surface area contributed by atoms with E-state index in [9.17, 15) is 4.79 Å². The number of piperidine rings is 1. The molecule has 1 atom stereocenters. The Hall–Kier alpha value is -2.82. The van der Waals surface area contributed by atoms with Crippen LogP contribution in [0.4, 0.5) is 5.82 Å². The summed E-state index contributed by atoms with van der Waals surface area (Å²) >= 11 is 0. The third-order valence-electron chi connectivity index (χ3n) is 5.09. The van der Waals surface area contributed by atoms with Crippen molar-refractivity contribution >= 4 is 17.2 Å². The molecule has 0 saturated carbocycles. The summed E-state index contributed by atoms with van der Waals surface area (Å²) < 4.78 is 2.13. The normalized spacial score (nSPS) is 17.5. The van der Waals surface area contributed by atoms with Gasteiger partial charge in [0.2, 0.25) is 0 Å². The first-order valence-corrected chi connectivity index (χ1v) is 9.13. The summed E-state index contributed by atoms with van der Waals surface area (Å²) in [4.78, 5) is 21.8. The van der Waals surface area contributed by atoms with Gasteiger partial charge in [0.05, 0.1) is 11.2 Å². The first-order valence-electron chi connectivity index (χ1n) is 9.13. The van der Waals surface area contributed by atoms with Crippen molar-refractivity contribution in [3.05, 3.63) is 66.1 Å². The van der Waals surface area contributed by atoms with Gasteiger partial charge in [-0.3, -0.25) is 4.79 Å². The van der Waals surface area contributed by atoms with E-state index in [0.717, 1.165) is 48.5 Å². The summed E-state index contributed by atoms with van der Waals surface area (Å²) in [6, 6.07) is 13.7. The molecule has 3 aromatic rings. The number of hydrogen-bond acceptors (Lipinski definition) is 3. The van der Waals surface area contributed by atoms with Crippen LogP contribution < -0.4 is 4.90 Å². The molecule has 1 amide bonds. The molecule has 5 heteroatoms. The van der Waals surface area contributed by atoms with Crippen molar-refractivity contribution in [1.82, 2.24) is 14.3 Å². The minimum atomic E-state index is 0.116. The number of carbonyl (C=O) groups excluding carboxylic acids is 1. The Morgan fingerprint density at radius 3 is 2.73 bits per heavy atom. The number of aromatic nitrogens is 2. The molecule has 1 aromatic carbocycles. The van der Waals surface area contributed by atoms with Gasteiger partial charge >= 0.3 is 0 Å². The van der Waals surface area contributed by atoms with E-state index in [1.54, 1.807) is 0 Å². The zero-order valence-electron chi connectivity index (χ0n) is 15.3. The number of fused-ring (bicyclic) bond motifs is 1. The van der Waals surface area contributed by atoms with Crippen molar-refractivity contribution < 1.29 is 4.79 Å². The Kier molecular flexibility index (Phi) is 4.37. The summed E-state index contributed by atoms with van der Waals surface area (Å²) in [6.45, 7) is 1.54. The highest BCUT2D eigenvalue weighted by molar-refractivity contribution is 5.94. The van der Waals surface area contributed by atoms with E-state index in [4.69, 9.17) is 4.98 Å². The fourth-order valence-corrected chi connectivity index (χ4v) is 3.74. The van der Waals surface area contributed by atoms with Crippen molar-refractivity contribution in [2.45, 2.75) is 18.8 Å². The fraction of sp³-hybridized carbons (Fsp3) is 0.333. The number of carbonyl (C=O) groups is 1. The molecule has 26 heavy (non-hydrogen) atoms. The maximum atomic E-state index is 12.8.